The van der Waals surface area contributed by atoms with Crippen molar-refractivity contribution in [2.45, 2.75) is 400 Å². The fourth-order valence-corrected chi connectivity index (χ4v) is 12.8. The number of phosphoric ester groups is 2. The largest absolute Gasteiger partial charge is 0.472 e. The van der Waals surface area contributed by atoms with Crippen molar-refractivity contribution in [1.29, 1.82) is 0 Å². The number of hydrogen-bond donors (Lipinski definition) is 3. The van der Waals surface area contributed by atoms with E-state index >= 15 is 0 Å². The third kappa shape index (κ3) is 66.7. The summed E-state index contributed by atoms with van der Waals surface area (Å²) in [5.74, 6) is -1.32. The number of esters is 4. The normalized spacial score (nSPS) is 14.0. The maximum Gasteiger partial charge on any atom is 0.472 e. The van der Waals surface area contributed by atoms with Gasteiger partial charge in [0.2, 0.25) is 0 Å². The van der Waals surface area contributed by atoms with Gasteiger partial charge >= 0.3 is 39.5 Å². The molecule has 0 bridgehead atoms. The molecule has 0 aliphatic carbocycles. The first kappa shape index (κ1) is 90.1. The molecule has 3 N–H and O–H groups in total. The highest BCUT2D eigenvalue weighted by Gasteiger charge is 2.30. The van der Waals surface area contributed by atoms with Crippen molar-refractivity contribution in [1.82, 2.24) is 0 Å². The van der Waals surface area contributed by atoms with Gasteiger partial charge in [-0.3, -0.25) is 37.3 Å². The van der Waals surface area contributed by atoms with Gasteiger partial charge in [0.25, 0.3) is 0 Å². The first-order chi connectivity index (χ1) is 44.5. The van der Waals surface area contributed by atoms with Crippen LogP contribution in [0.3, 0.4) is 0 Å². The molecule has 0 aliphatic heterocycles. The second kappa shape index (κ2) is 66.3. The van der Waals surface area contributed by atoms with Gasteiger partial charge in [0.15, 0.2) is 12.2 Å². The Balaban J connectivity index is 5.19. The van der Waals surface area contributed by atoms with Crippen molar-refractivity contribution >= 4 is 39.5 Å². The Morgan fingerprint density at radius 3 is 0.739 bits per heavy atom. The zero-order valence-electron chi connectivity index (χ0n) is 59.7. The molecule has 0 aromatic carbocycles. The summed E-state index contributed by atoms with van der Waals surface area (Å²) in [6.07, 6.45) is 54.1. The summed E-state index contributed by atoms with van der Waals surface area (Å²) in [7, 11) is -9.90. The van der Waals surface area contributed by atoms with Crippen LogP contribution < -0.4 is 0 Å². The van der Waals surface area contributed by atoms with Crippen LogP contribution in [0.1, 0.15) is 381 Å². The van der Waals surface area contributed by atoms with Crippen LogP contribution in [0.25, 0.3) is 0 Å². The van der Waals surface area contributed by atoms with Crippen LogP contribution in [0.5, 0.6) is 0 Å². The van der Waals surface area contributed by atoms with E-state index in [9.17, 15) is 43.2 Å². The summed E-state index contributed by atoms with van der Waals surface area (Å²) in [6.45, 7) is 7.26. The smallest absolute Gasteiger partial charge is 0.462 e. The summed E-state index contributed by atoms with van der Waals surface area (Å²) >= 11 is 0. The van der Waals surface area contributed by atoms with Gasteiger partial charge in [-0.1, -0.05) is 330 Å². The van der Waals surface area contributed by atoms with Crippen LogP contribution in [0, 0.1) is 5.92 Å². The number of aliphatic hydroxyl groups excluding tert-OH is 1. The SMILES string of the molecule is CCCCCCCCCCCCCCCCCC(=O)OC[C@H](COP(=O)(O)OC[C@@H](O)COP(=O)(O)OC[C@@H](COC(=O)CCCCCCCCC)OC(=O)CCCCCCCCCCCCCC)OC(=O)CCCCCCCCCCCCCCCCCC(C)C. The zero-order chi connectivity index (χ0) is 67.7. The lowest BCUT2D eigenvalue weighted by Crippen LogP contribution is -2.30. The van der Waals surface area contributed by atoms with Gasteiger partial charge in [-0.25, -0.2) is 9.13 Å². The molecule has 0 saturated carbocycles. The average molecular weight is 1350 g/mol. The third-order valence-corrected chi connectivity index (χ3v) is 18.9. The number of phosphoric acid groups is 2. The molecule has 0 rings (SSSR count). The van der Waals surface area contributed by atoms with Gasteiger partial charge in [-0.15, -0.1) is 0 Å². The monoisotopic (exact) mass is 1350 g/mol. The predicted molar refractivity (Wildman–Crippen MR) is 372 cm³/mol. The Hall–Kier alpha value is -1.94. The Labute approximate surface area is 562 Å². The molecule has 5 atom stereocenters. The molecular formula is C73H142O17P2. The molecule has 0 aliphatic rings. The minimum Gasteiger partial charge on any atom is -0.462 e. The lowest BCUT2D eigenvalue weighted by Gasteiger charge is -2.21. The highest BCUT2D eigenvalue weighted by Crippen LogP contribution is 2.45. The van der Waals surface area contributed by atoms with Crippen molar-refractivity contribution in [3.63, 3.8) is 0 Å². The van der Waals surface area contributed by atoms with Gasteiger partial charge in [0.05, 0.1) is 26.4 Å². The molecule has 0 amide bonds. The number of carbonyl (C=O) groups is 4. The first-order valence-electron chi connectivity index (χ1n) is 38.1. The molecule has 92 heavy (non-hydrogen) atoms. The Morgan fingerprint density at radius 1 is 0.293 bits per heavy atom. The number of aliphatic hydroxyl groups is 1. The summed E-state index contributed by atoms with van der Waals surface area (Å²) < 4.78 is 68.3. The second-order valence-corrected chi connectivity index (χ2v) is 29.7. The van der Waals surface area contributed by atoms with Crippen molar-refractivity contribution in [3.05, 3.63) is 0 Å². The van der Waals surface area contributed by atoms with E-state index < -0.39 is 97.5 Å². The summed E-state index contributed by atoms with van der Waals surface area (Å²) in [5, 5.41) is 10.6. The number of hydrogen-bond acceptors (Lipinski definition) is 15. The van der Waals surface area contributed by atoms with Crippen molar-refractivity contribution < 1.29 is 80.2 Å². The van der Waals surface area contributed by atoms with E-state index in [2.05, 4.69) is 34.6 Å². The number of carbonyl (C=O) groups excluding carboxylic acids is 4. The molecule has 17 nitrogen and oxygen atoms in total. The van der Waals surface area contributed by atoms with Gasteiger partial charge < -0.3 is 33.8 Å². The molecular weight excluding hydrogens is 1210 g/mol. The molecule has 546 valence electrons. The summed E-state index contributed by atoms with van der Waals surface area (Å²) in [5.41, 5.74) is 0. The first-order valence-corrected chi connectivity index (χ1v) is 41.1. The van der Waals surface area contributed by atoms with Crippen LogP contribution >= 0.6 is 15.6 Å². The standard InChI is InChI=1S/C73H142O17P2/c1-6-9-12-15-18-20-22-24-26-30-34-37-42-47-52-57-71(76)84-63-69(90-73(78)59-54-49-44-39-35-31-28-25-27-29-32-36-41-45-50-55-66(4)5)65-88-92(81,82)86-61-67(74)60-85-91(79,80)87-64-68(62-83-70(75)56-51-46-40-17-14-11-8-3)89-72(77)58-53-48-43-38-33-23-21-19-16-13-10-7-2/h66-69,74H,6-65H2,1-5H3,(H,79,80)(H,81,82)/t67-,68+,69+/m0/s1. The Bertz CT molecular complexity index is 1770. The summed E-state index contributed by atoms with van der Waals surface area (Å²) in [6, 6.07) is 0. The number of rotatable bonds is 73. The van der Waals surface area contributed by atoms with Gasteiger partial charge in [-0.05, 0) is 31.6 Å². The van der Waals surface area contributed by atoms with Crippen molar-refractivity contribution in [2.24, 2.45) is 5.92 Å². The lowest BCUT2D eigenvalue weighted by atomic mass is 10.0. The van der Waals surface area contributed by atoms with Gasteiger partial charge in [0, 0.05) is 25.7 Å². The van der Waals surface area contributed by atoms with Crippen LogP contribution in [0.2, 0.25) is 0 Å². The highest BCUT2D eigenvalue weighted by atomic mass is 31.2. The van der Waals surface area contributed by atoms with Gasteiger partial charge in [-0.2, -0.15) is 0 Å². The Kier molecular flexibility index (Phi) is 64.9. The Morgan fingerprint density at radius 2 is 0.500 bits per heavy atom. The topological polar surface area (TPSA) is 237 Å². The van der Waals surface area contributed by atoms with E-state index in [1.807, 2.05) is 0 Å². The van der Waals surface area contributed by atoms with E-state index in [0.29, 0.717) is 25.7 Å². The fraction of sp³-hybridized carbons (Fsp3) is 0.945. The minimum absolute atomic E-state index is 0.107. The maximum atomic E-state index is 13.1. The summed E-state index contributed by atoms with van der Waals surface area (Å²) in [4.78, 5) is 72.5. The average Bonchev–Trinajstić information content (AvgIpc) is 2.18. The molecule has 0 aromatic heterocycles. The molecule has 2 unspecified atom stereocenters. The van der Waals surface area contributed by atoms with E-state index in [0.717, 1.165) is 109 Å². The molecule has 0 spiro atoms. The van der Waals surface area contributed by atoms with Crippen LogP contribution in [0.15, 0.2) is 0 Å². The van der Waals surface area contributed by atoms with E-state index in [1.165, 1.54) is 193 Å². The highest BCUT2D eigenvalue weighted by molar-refractivity contribution is 7.47. The molecule has 0 saturated heterocycles. The number of unbranched alkanes of at least 4 members (excludes halogenated alkanes) is 45. The van der Waals surface area contributed by atoms with Crippen molar-refractivity contribution in [2.75, 3.05) is 39.6 Å². The third-order valence-electron chi connectivity index (χ3n) is 17.0. The van der Waals surface area contributed by atoms with E-state index in [1.54, 1.807) is 0 Å². The van der Waals surface area contributed by atoms with Crippen LogP contribution in [-0.2, 0) is 65.4 Å². The number of ether oxygens (including phenoxy) is 4. The van der Waals surface area contributed by atoms with Crippen LogP contribution in [0.4, 0.5) is 0 Å². The molecule has 19 heteroatoms. The van der Waals surface area contributed by atoms with E-state index in [4.69, 9.17) is 37.0 Å². The maximum absolute atomic E-state index is 13.1. The fourth-order valence-electron chi connectivity index (χ4n) is 11.2. The molecule has 0 heterocycles. The molecule has 0 fully saturated rings. The predicted octanol–water partition coefficient (Wildman–Crippen LogP) is 21.3. The van der Waals surface area contributed by atoms with Crippen LogP contribution in [-0.4, -0.2) is 96.7 Å². The quantitative estimate of drug-likeness (QED) is 0.0222. The molecule has 0 aromatic rings. The second-order valence-electron chi connectivity index (χ2n) is 26.8. The van der Waals surface area contributed by atoms with E-state index in [-0.39, 0.29) is 25.7 Å². The van der Waals surface area contributed by atoms with Gasteiger partial charge in [0.1, 0.15) is 19.3 Å². The zero-order valence-corrected chi connectivity index (χ0v) is 61.5. The minimum atomic E-state index is -4.95. The van der Waals surface area contributed by atoms with Crippen molar-refractivity contribution in [3.8, 4) is 0 Å². The molecule has 0 radical (unpaired) electrons. The lowest BCUT2D eigenvalue weighted by molar-refractivity contribution is -0.161.